The molecule has 0 saturated carbocycles. The Balaban J connectivity index is 2.20. The monoisotopic (exact) mass is 176 g/mol. The van der Waals surface area contributed by atoms with E-state index in [9.17, 15) is 0 Å². The molecule has 1 aromatic carbocycles. The molecule has 2 nitrogen and oxygen atoms in total. The van der Waals surface area contributed by atoms with Gasteiger partial charge in [0, 0.05) is 18.3 Å². The van der Waals surface area contributed by atoms with Gasteiger partial charge in [-0.05, 0) is 30.9 Å². The second kappa shape index (κ2) is 3.79. The van der Waals surface area contributed by atoms with E-state index in [4.69, 9.17) is 5.73 Å². The third-order valence-corrected chi connectivity index (χ3v) is 2.59. The zero-order chi connectivity index (χ0) is 9.10. The third-order valence-electron chi connectivity index (χ3n) is 2.59. The first-order chi connectivity index (χ1) is 6.36. The van der Waals surface area contributed by atoms with Crippen LogP contribution in [0.15, 0.2) is 24.3 Å². The largest absolute Gasteiger partial charge is 0.383 e. The zero-order valence-electron chi connectivity index (χ0n) is 7.79. The Bertz CT molecular complexity index is 283. The second-order valence-corrected chi connectivity index (χ2v) is 3.69. The van der Waals surface area contributed by atoms with Gasteiger partial charge in [-0.3, -0.25) is 0 Å². The van der Waals surface area contributed by atoms with Crippen LogP contribution >= 0.6 is 0 Å². The Morgan fingerprint density at radius 1 is 1.31 bits per heavy atom. The van der Waals surface area contributed by atoms with Gasteiger partial charge < -0.3 is 11.1 Å². The summed E-state index contributed by atoms with van der Waals surface area (Å²) in [5.74, 6) is 0. The smallest absolute Gasteiger partial charge is 0.0373 e. The maximum atomic E-state index is 5.90. The molecule has 1 unspecified atom stereocenters. The number of rotatable bonds is 0. The Morgan fingerprint density at radius 3 is 3.08 bits per heavy atom. The molecular weight excluding hydrogens is 160 g/mol. The normalized spacial score (nSPS) is 22.4. The lowest BCUT2D eigenvalue weighted by atomic mass is 10.0. The minimum absolute atomic E-state index is 0.313. The highest BCUT2D eigenvalue weighted by Crippen LogP contribution is 2.19. The molecular formula is C11H16N2. The van der Waals surface area contributed by atoms with Gasteiger partial charge in [0.25, 0.3) is 0 Å². The van der Waals surface area contributed by atoms with Gasteiger partial charge >= 0.3 is 0 Å². The molecule has 0 aliphatic carbocycles. The number of hydrogen-bond acceptors (Lipinski definition) is 2. The molecule has 0 spiro atoms. The number of aryl methyl sites for hydroxylation is 1. The molecule has 70 valence electrons. The van der Waals surface area contributed by atoms with Crippen LogP contribution in [-0.2, 0) is 6.42 Å². The summed E-state index contributed by atoms with van der Waals surface area (Å²) >= 11 is 0. The summed E-state index contributed by atoms with van der Waals surface area (Å²) in [4.78, 5) is 0. The van der Waals surface area contributed by atoms with Crippen molar-refractivity contribution in [1.82, 2.24) is 0 Å². The fraction of sp³-hybridized carbons (Fsp3) is 0.455. The average molecular weight is 176 g/mol. The number of nitrogens with one attached hydrogen (secondary N) is 1. The summed E-state index contributed by atoms with van der Waals surface area (Å²) in [6.07, 6.45) is 3.48. The number of benzene rings is 1. The number of para-hydroxylation sites is 1. The van der Waals surface area contributed by atoms with Gasteiger partial charge in [-0.1, -0.05) is 18.2 Å². The molecule has 1 aliphatic heterocycles. The Morgan fingerprint density at radius 2 is 2.15 bits per heavy atom. The minimum atomic E-state index is 0.313. The fourth-order valence-electron chi connectivity index (χ4n) is 1.81. The molecule has 1 aliphatic rings. The van der Waals surface area contributed by atoms with Crippen LogP contribution in [0.2, 0.25) is 0 Å². The maximum absolute atomic E-state index is 5.90. The van der Waals surface area contributed by atoms with Crippen LogP contribution in [0.1, 0.15) is 18.4 Å². The highest BCUT2D eigenvalue weighted by Gasteiger charge is 2.09. The first-order valence-electron chi connectivity index (χ1n) is 4.93. The lowest BCUT2D eigenvalue weighted by Crippen LogP contribution is -2.30. The SMILES string of the molecule is NC1CCCc2ccccc2NC1. The highest BCUT2D eigenvalue weighted by molar-refractivity contribution is 5.51. The molecule has 1 aromatic rings. The summed E-state index contributed by atoms with van der Waals surface area (Å²) in [7, 11) is 0. The molecule has 2 heteroatoms. The van der Waals surface area contributed by atoms with Crippen molar-refractivity contribution in [2.24, 2.45) is 5.73 Å². The van der Waals surface area contributed by atoms with Crippen molar-refractivity contribution >= 4 is 5.69 Å². The molecule has 0 aromatic heterocycles. The summed E-state index contributed by atoms with van der Waals surface area (Å²) in [5.41, 5.74) is 8.59. The second-order valence-electron chi connectivity index (χ2n) is 3.69. The average Bonchev–Trinajstić information content (AvgIpc) is 2.13. The number of anilines is 1. The summed E-state index contributed by atoms with van der Waals surface area (Å²) in [6.45, 7) is 0.900. The van der Waals surface area contributed by atoms with Crippen molar-refractivity contribution in [2.75, 3.05) is 11.9 Å². The van der Waals surface area contributed by atoms with Crippen molar-refractivity contribution in [1.29, 1.82) is 0 Å². The van der Waals surface area contributed by atoms with Gasteiger partial charge in [0.2, 0.25) is 0 Å². The van der Waals surface area contributed by atoms with Gasteiger partial charge in [0.05, 0.1) is 0 Å². The van der Waals surface area contributed by atoms with Crippen molar-refractivity contribution in [3.05, 3.63) is 29.8 Å². The number of nitrogens with two attached hydrogens (primary N) is 1. The van der Waals surface area contributed by atoms with E-state index < -0.39 is 0 Å². The molecule has 1 atom stereocenters. The van der Waals surface area contributed by atoms with E-state index >= 15 is 0 Å². The Labute approximate surface area is 79.1 Å². The number of fused-ring (bicyclic) bond motifs is 1. The van der Waals surface area contributed by atoms with Crippen molar-refractivity contribution in [3.63, 3.8) is 0 Å². The molecule has 0 radical (unpaired) electrons. The molecule has 13 heavy (non-hydrogen) atoms. The van der Waals surface area contributed by atoms with E-state index in [0.29, 0.717) is 6.04 Å². The first kappa shape index (κ1) is 8.57. The van der Waals surface area contributed by atoms with Crippen LogP contribution in [-0.4, -0.2) is 12.6 Å². The predicted molar refractivity (Wildman–Crippen MR) is 55.8 cm³/mol. The van der Waals surface area contributed by atoms with Gasteiger partial charge in [-0.25, -0.2) is 0 Å². The van der Waals surface area contributed by atoms with Crippen molar-refractivity contribution in [2.45, 2.75) is 25.3 Å². The molecule has 0 bridgehead atoms. The third kappa shape index (κ3) is 2.01. The van der Waals surface area contributed by atoms with Gasteiger partial charge in [-0.2, -0.15) is 0 Å². The summed E-state index contributed by atoms with van der Waals surface area (Å²) in [6, 6.07) is 8.81. The van der Waals surface area contributed by atoms with Gasteiger partial charge in [0.1, 0.15) is 0 Å². The Hall–Kier alpha value is -1.02. The highest BCUT2D eigenvalue weighted by atomic mass is 14.9. The molecule has 0 fully saturated rings. The maximum Gasteiger partial charge on any atom is 0.0373 e. The minimum Gasteiger partial charge on any atom is -0.383 e. The van der Waals surface area contributed by atoms with Crippen LogP contribution in [0.3, 0.4) is 0 Å². The Kier molecular flexibility index (Phi) is 2.50. The van der Waals surface area contributed by atoms with Gasteiger partial charge in [-0.15, -0.1) is 0 Å². The van der Waals surface area contributed by atoms with Crippen LogP contribution in [0, 0.1) is 0 Å². The van der Waals surface area contributed by atoms with E-state index in [1.165, 1.54) is 17.7 Å². The van der Waals surface area contributed by atoms with Gasteiger partial charge in [0.15, 0.2) is 0 Å². The lowest BCUT2D eigenvalue weighted by molar-refractivity contribution is 0.594. The first-order valence-corrected chi connectivity index (χ1v) is 4.93. The van der Waals surface area contributed by atoms with Crippen LogP contribution < -0.4 is 11.1 Å². The standard InChI is InChI=1S/C11H16N2/c12-10-6-3-5-9-4-1-2-7-11(9)13-8-10/h1-2,4,7,10,13H,3,5-6,8,12H2. The molecule has 3 N–H and O–H groups in total. The molecule has 0 amide bonds. The molecule has 2 rings (SSSR count). The summed E-state index contributed by atoms with van der Waals surface area (Å²) in [5, 5.41) is 3.39. The van der Waals surface area contributed by atoms with Crippen molar-refractivity contribution < 1.29 is 0 Å². The molecule has 0 saturated heterocycles. The van der Waals surface area contributed by atoms with Crippen LogP contribution in [0.5, 0.6) is 0 Å². The van der Waals surface area contributed by atoms with E-state index in [2.05, 4.69) is 29.6 Å². The van der Waals surface area contributed by atoms with Crippen molar-refractivity contribution in [3.8, 4) is 0 Å². The lowest BCUT2D eigenvalue weighted by Gasteiger charge is -2.19. The zero-order valence-corrected chi connectivity index (χ0v) is 7.79. The van der Waals surface area contributed by atoms with Crippen LogP contribution in [0.4, 0.5) is 5.69 Å². The summed E-state index contributed by atoms with van der Waals surface area (Å²) < 4.78 is 0. The van der Waals surface area contributed by atoms with E-state index in [1.54, 1.807) is 0 Å². The molecule has 1 heterocycles. The van der Waals surface area contributed by atoms with E-state index in [1.807, 2.05) is 0 Å². The van der Waals surface area contributed by atoms with Crippen LogP contribution in [0.25, 0.3) is 0 Å². The quantitative estimate of drug-likeness (QED) is 0.632. The predicted octanol–water partition coefficient (Wildman–Crippen LogP) is 1.76. The van der Waals surface area contributed by atoms with E-state index in [0.717, 1.165) is 19.4 Å². The van der Waals surface area contributed by atoms with E-state index in [-0.39, 0.29) is 0 Å². The topological polar surface area (TPSA) is 38.0 Å². The fourth-order valence-corrected chi connectivity index (χ4v) is 1.81. The number of hydrogen-bond donors (Lipinski definition) is 2.